The first-order valence-electron chi connectivity index (χ1n) is 19.7. The molecule has 1 aliphatic rings. The van der Waals surface area contributed by atoms with Crippen molar-refractivity contribution in [3.8, 4) is 39.1 Å². The molecule has 0 bridgehead atoms. The van der Waals surface area contributed by atoms with Crippen molar-refractivity contribution in [1.82, 2.24) is 9.13 Å². The molecule has 0 fully saturated rings. The number of rotatable bonds is 5. The van der Waals surface area contributed by atoms with E-state index in [2.05, 4.69) is 210 Å². The second-order valence-corrected chi connectivity index (χ2v) is 15.1. The molecule has 1 atom stereocenters. The summed E-state index contributed by atoms with van der Waals surface area (Å²) >= 11 is 0. The van der Waals surface area contributed by atoms with Gasteiger partial charge in [-0.15, -0.1) is 0 Å². The van der Waals surface area contributed by atoms with E-state index in [1.54, 1.807) is 0 Å². The van der Waals surface area contributed by atoms with Gasteiger partial charge in [0.05, 0.1) is 34.3 Å². The lowest BCUT2D eigenvalue weighted by atomic mass is 9.90. The molecule has 3 heterocycles. The van der Waals surface area contributed by atoms with Gasteiger partial charge in [-0.25, -0.2) is 9.98 Å². The van der Waals surface area contributed by atoms with Crippen LogP contribution in [0.15, 0.2) is 204 Å². The topological polar surface area (TPSA) is 34.6 Å². The van der Waals surface area contributed by atoms with Gasteiger partial charge >= 0.3 is 0 Å². The Morgan fingerprint density at radius 3 is 1.42 bits per heavy atom. The number of fused-ring (bicyclic) bond motifs is 6. The summed E-state index contributed by atoms with van der Waals surface area (Å²) < 4.78 is 4.63. The van der Waals surface area contributed by atoms with Crippen LogP contribution in [-0.2, 0) is 0 Å². The van der Waals surface area contributed by atoms with Crippen molar-refractivity contribution in [2.45, 2.75) is 6.92 Å². The van der Waals surface area contributed by atoms with Crippen LogP contribution in [0.3, 0.4) is 0 Å². The molecule has 1 aliphatic heterocycles. The van der Waals surface area contributed by atoms with Gasteiger partial charge < -0.3 is 4.57 Å². The number of hydrogen-bond acceptors (Lipinski definition) is 2. The normalized spacial score (nSPS) is 14.4. The van der Waals surface area contributed by atoms with Crippen LogP contribution in [0, 0.1) is 5.92 Å². The molecule has 0 saturated heterocycles. The van der Waals surface area contributed by atoms with E-state index in [0.29, 0.717) is 6.54 Å². The van der Waals surface area contributed by atoms with Gasteiger partial charge in [0.15, 0.2) is 0 Å². The van der Waals surface area contributed by atoms with Crippen LogP contribution in [-0.4, -0.2) is 27.4 Å². The van der Waals surface area contributed by atoms with E-state index in [-0.39, 0.29) is 5.92 Å². The van der Waals surface area contributed by atoms with E-state index in [0.717, 1.165) is 34.0 Å². The van der Waals surface area contributed by atoms with Crippen molar-refractivity contribution in [3.63, 3.8) is 0 Å². The molecule has 10 aromatic rings. The fourth-order valence-electron chi connectivity index (χ4n) is 8.77. The van der Waals surface area contributed by atoms with Gasteiger partial charge in [0.25, 0.3) is 0 Å². The average Bonchev–Trinajstić information content (AvgIpc) is 3.79. The van der Waals surface area contributed by atoms with Crippen LogP contribution in [0.4, 0.5) is 0 Å². The summed E-state index contributed by atoms with van der Waals surface area (Å²) in [5.41, 5.74) is 15.1. The van der Waals surface area contributed by atoms with Crippen molar-refractivity contribution < 1.29 is 0 Å². The van der Waals surface area contributed by atoms with E-state index in [9.17, 15) is 0 Å². The number of benzene rings is 8. The minimum Gasteiger partial charge on any atom is -0.309 e. The Hall–Kier alpha value is -7.30. The first-order valence-corrected chi connectivity index (χ1v) is 19.7. The summed E-state index contributed by atoms with van der Waals surface area (Å²) in [6.07, 6.45) is 0. The molecule has 270 valence electrons. The van der Waals surface area contributed by atoms with Gasteiger partial charge in [-0.1, -0.05) is 134 Å². The van der Waals surface area contributed by atoms with Gasteiger partial charge in [-0.3, -0.25) is 4.57 Å². The van der Waals surface area contributed by atoms with Crippen LogP contribution in [0.5, 0.6) is 0 Å². The average molecular weight is 731 g/mol. The second kappa shape index (κ2) is 13.5. The quantitative estimate of drug-likeness (QED) is 0.169. The number of aromatic nitrogens is 2. The summed E-state index contributed by atoms with van der Waals surface area (Å²) in [6.45, 7) is 2.90. The third-order valence-electron chi connectivity index (χ3n) is 11.5. The molecule has 0 spiro atoms. The zero-order chi connectivity index (χ0) is 37.9. The van der Waals surface area contributed by atoms with Crippen LogP contribution in [0.25, 0.3) is 82.7 Å². The van der Waals surface area contributed by atoms with E-state index >= 15 is 0 Å². The fourth-order valence-corrected chi connectivity index (χ4v) is 8.77. The Kier molecular flexibility index (Phi) is 7.82. The summed E-state index contributed by atoms with van der Waals surface area (Å²) in [7, 11) is 0. The maximum Gasteiger partial charge on any atom is 0.230 e. The van der Waals surface area contributed by atoms with Gasteiger partial charge in [0.2, 0.25) is 5.96 Å². The molecule has 0 radical (unpaired) electrons. The summed E-state index contributed by atoms with van der Waals surface area (Å²) in [4.78, 5) is 10.6. The molecular formula is C53H38N4. The van der Waals surface area contributed by atoms with Gasteiger partial charge in [-0.05, 0) is 106 Å². The molecule has 8 aromatic carbocycles. The lowest BCUT2D eigenvalue weighted by molar-refractivity contribution is 0.766. The number of aliphatic imine (C=N–C) groups is 2. The van der Waals surface area contributed by atoms with Crippen molar-refractivity contribution >= 4 is 55.3 Å². The first kappa shape index (κ1) is 33.1. The molecule has 2 aromatic heterocycles. The standard InChI is InChI=1S/C53H38N4/c1-35-34-54-53(55-52(35)42-30-40(36-15-5-2-6-16-36)29-41(31-42)37-17-7-3-8-18-37)57-49-24-14-12-22-45(49)47-33-39(26-28-51(47)57)38-25-27-50-46(32-38)44-21-11-13-23-48(44)56(50)43-19-9-4-10-20-43/h2-33,35H,34H2,1H3. The molecule has 0 aliphatic carbocycles. The number of para-hydroxylation sites is 3. The maximum atomic E-state index is 5.44. The monoisotopic (exact) mass is 730 g/mol. The lowest BCUT2D eigenvalue weighted by Crippen LogP contribution is -2.26. The minimum atomic E-state index is 0.158. The fraction of sp³-hybridized carbons (Fsp3) is 0.0566. The largest absolute Gasteiger partial charge is 0.309 e. The molecule has 0 amide bonds. The van der Waals surface area contributed by atoms with Gasteiger partial charge in [-0.2, -0.15) is 0 Å². The SMILES string of the molecule is CC1CN=C(n2c3ccccc3c3cc(-c4ccc5c(c4)c4ccccc4n5-c4ccccc4)ccc32)N=C1c1cc(-c2ccccc2)cc(-c2ccccc2)c1. The Labute approximate surface area is 331 Å². The van der Waals surface area contributed by atoms with Crippen molar-refractivity contribution in [3.05, 3.63) is 200 Å². The molecular weight excluding hydrogens is 693 g/mol. The molecule has 0 saturated carbocycles. The molecule has 4 nitrogen and oxygen atoms in total. The van der Waals surface area contributed by atoms with E-state index < -0.39 is 0 Å². The smallest absolute Gasteiger partial charge is 0.230 e. The highest BCUT2D eigenvalue weighted by atomic mass is 15.2. The summed E-state index contributed by atoms with van der Waals surface area (Å²) in [5.74, 6) is 0.884. The predicted molar refractivity (Wildman–Crippen MR) is 240 cm³/mol. The highest BCUT2D eigenvalue weighted by molar-refractivity contribution is 6.19. The Morgan fingerprint density at radius 2 is 0.842 bits per heavy atom. The highest BCUT2D eigenvalue weighted by Crippen LogP contribution is 2.38. The maximum absolute atomic E-state index is 5.44. The molecule has 11 rings (SSSR count). The molecule has 0 N–H and O–H groups in total. The van der Waals surface area contributed by atoms with Crippen LogP contribution in [0.2, 0.25) is 0 Å². The number of nitrogens with zero attached hydrogens (tertiary/aromatic N) is 4. The molecule has 1 unspecified atom stereocenters. The van der Waals surface area contributed by atoms with Crippen LogP contribution in [0.1, 0.15) is 12.5 Å². The van der Waals surface area contributed by atoms with Crippen LogP contribution >= 0.6 is 0 Å². The third kappa shape index (κ3) is 5.60. The Morgan fingerprint density at radius 1 is 0.386 bits per heavy atom. The lowest BCUT2D eigenvalue weighted by Gasteiger charge is -2.21. The molecule has 57 heavy (non-hydrogen) atoms. The van der Waals surface area contributed by atoms with E-state index in [1.807, 2.05) is 0 Å². The summed E-state index contributed by atoms with van der Waals surface area (Å²) in [5, 5.41) is 4.87. The van der Waals surface area contributed by atoms with E-state index in [1.165, 1.54) is 66.0 Å². The first-order chi connectivity index (χ1) is 28.2. The number of hydrogen-bond donors (Lipinski definition) is 0. The van der Waals surface area contributed by atoms with Crippen molar-refractivity contribution in [2.75, 3.05) is 6.54 Å². The Bertz CT molecular complexity index is 3150. The molecule has 4 heteroatoms. The van der Waals surface area contributed by atoms with Crippen molar-refractivity contribution in [2.24, 2.45) is 15.9 Å². The Balaban J connectivity index is 1.04. The van der Waals surface area contributed by atoms with Crippen LogP contribution < -0.4 is 0 Å². The third-order valence-corrected chi connectivity index (χ3v) is 11.5. The van der Waals surface area contributed by atoms with Gasteiger partial charge in [0.1, 0.15) is 0 Å². The van der Waals surface area contributed by atoms with Gasteiger partial charge in [0, 0.05) is 33.2 Å². The minimum absolute atomic E-state index is 0.158. The van der Waals surface area contributed by atoms with Crippen molar-refractivity contribution in [1.29, 1.82) is 0 Å². The highest BCUT2D eigenvalue weighted by Gasteiger charge is 2.24. The van der Waals surface area contributed by atoms with E-state index in [4.69, 9.17) is 9.98 Å². The predicted octanol–water partition coefficient (Wildman–Crippen LogP) is 13.2. The zero-order valence-corrected chi connectivity index (χ0v) is 31.5. The zero-order valence-electron chi connectivity index (χ0n) is 31.5. The second-order valence-electron chi connectivity index (χ2n) is 15.1. The summed E-state index contributed by atoms with van der Waals surface area (Å²) in [6, 6.07) is 69.9.